The molecule has 9 amide bonds. The van der Waals surface area contributed by atoms with Crippen LogP contribution >= 0.6 is 0 Å². The molecule has 5 rings (SSSR count). The molecular formula is C107H166N20O21. The van der Waals surface area contributed by atoms with Crippen molar-refractivity contribution in [3.8, 4) is 5.75 Å². The maximum absolute atomic E-state index is 15.2. The van der Waals surface area contributed by atoms with Gasteiger partial charge in [-0.25, -0.2) is 0 Å². The third-order valence-corrected chi connectivity index (χ3v) is 26.7. The number of rotatable bonds is 50. The highest BCUT2D eigenvalue weighted by molar-refractivity contribution is 6.06. The number of H-pyrrole nitrogens is 1. The first-order valence-corrected chi connectivity index (χ1v) is 51.9. The summed E-state index contributed by atoms with van der Waals surface area (Å²) in [5, 5.41) is 71.7. The van der Waals surface area contributed by atoms with Crippen molar-refractivity contribution >= 4 is 122 Å². The molecule has 0 fully saturated rings. The first-order valence-electron chi connectivity index (χ1n) is 51.9. The zero-order valence-corrected chi connectivity index (χ0v) is 89.1. The molecule has 0 aliphatic carbocycles. The lowest BCUT2D eigenvalue weighted by atomic mass is 9.88. The Bertz CT molecular complexity index is 5090. The number of aliphatic hydroxyl groups excluding tert-OH is 1. The van der Waals surface area contributed by atoms with Crippen LogP contribution in [-0.4, -0.2) is 287 Å². The van der Waals surface area contributed by atoms with Crippen molar-refractivity contribution in [3.05, 3.63) is 114 Å². The van der Waals surface area contributed by atoms with E-state index in [4.69, 9.17) is 11.5 Å². The highest BCUT2D eigenvalue weighted by Gasteiger charge is 2.42. The second-order valence-corrected chi connectivity index (χ2v) is 40.5. The van der Waals surface area contributed by atoms with Crippen LogP contribution in [0, 0.1) is 11.8 Å². The Kier molecular flexibility index (Phi) is 55.9. The standard InChI is InChI=1S/C107H166N20O21/c1-63(2)51-84(121-74(14)129)102(145)125-98(73(13)128)105(148)124-86(54-75-31-25-24-26-32-75)104(147)127-107(16)47-30-23-21-19-17-18-20-22-29-46-106(15,95(139)59-113-68(8)90(134)44-49-111-66(6)88(132)41-40-87(131)65(5)110-48-43-89(133)67(7)112-50-45-91(135)69(9)117-61-119-72(12)99(109)142)126-103(146)85(52-64(3)4)123-100(143)81(39-42-97(108)141)120-62-118-70(10)92(136)56-93(137)82(55-77-57-115-80-34-28-27-33-79(77)80)122-101(144)83(53-76-35-37-78(130)38-36-76)116-58-94(138)71(11)114-60-96(107)140/h18,20,24-28,31-38,57,63-73,81-86,98,110-120,128,130H,17,19,21-23,29-30,39-56,58-62H2,1-16H3,(H2,108,141)(H2,109,142)(H,121,129)(H,122,144)(H,123,143)(H,124,148)(H,125,145)(H,126,146)(H,127,147)/t65-,66-,67-,68-,69-,70-,71-,72+,73+,81-,82-,83-,84-,85-,86-,98-,106-,107+/m0/s1. The van der Waals surface area contributed by atoms with E-state index in [1.807, 2.05) is 58.0 Å². The van der Waals surface area contributed by atoms with Gasteiger partial charge in [0.2, 0.25) is 53.2 Å². The van der Waals surface area contributed by atoms with Gasteiger partial charge in [-0.3, -0.25) is 118 Å². The van der Waals surface area contributed by atoms with E-state index in [1.54, 1.807) is 103 Å². The Morgan fingerprint density at radius 1 is 0.486 bits per heavy atom. The summed E-state index contributed by atoms with van der Waals surface area (Å²) in [5.41, 5.74) is 9.99. The first kappa shape index (κ1) is 127. The zero-order chi connectivity index (χ0) is 110. The molecule has 148 heavy (non-hydrogen) atoms. The number of amides is 9. The molecule has 0 bridgehead atoms. The summed E-state index contributed by atoms with van der Waals surface area (Å²) in [5.74, 6) is -11.0. The van der Waals surface area contributed by atoms with Gasteiger partial charge in [0, 0.05) is 108 Å². The van der Waals surface area contributed by atoms with Gasteiger partial charge in [-0.2, -0.15) is 0 Å². The SMILES string of the molecule is CC(=O)N[C@@H](CC(C)C)C(=O)N[C@H](C(=O)N[C@@H](Cc1ccccc1)C(=O)N[C@]1(C)CCCCCCC=CCCC[C@@](C)(C(=O)CN[C@@H](C)C(=O)CCN[C@@H](C)C(=O)CCC(=O)[C@H](C)NCCC(=O)[C@H](C)NCCC(=O)[C@H](C)NCN[C@H](C)C(N)=O)NC(=O)[C@H](CC(C)C)NC(=O)[C@H](CCC(N)=O)NCN[C@@H](C)C(=O)CC(=O)[C@H](Cc2c[nH]c3ccccc23)NC(=O)[C@H](Cc2ccc(O)cc2)NCC(=O)[C@H](C)NCC1=O)[C@@H](C)O. The number of hydrogen-bond donors (Lipinski definition) is 22. The third-order valence-electron chi connectivity index (χ3n) is 26.7. The summed E-state index contributed by atoms with van der Waals surface area (Å²) in [7, 11) is 0. The predicted octanol–water partition coefficient (Wildman–Crippen LogP) is 2.09. The smallest absolute Gasteiger partial charge is 0.245 e. The third kappa shape index (κ3) is 46.1. The van der Waals surface area contributed by atoms with Crippen molar-refractivity contribution in [1.82, 2.24) is 95.4 Å². The second kappa shape index (κ2) is 65.3. The van der Waals surface area contributed by atoms with Gasteiger partial charge in [0.05, 0.1) is 110 Å². The fourth-order valence-electron chi connectivity index (χ4n) is 16.7. The van der Waals surface area contributed by atoms with Gasteiger partial charge in [0.15, 0.2) is 46.3 Å². The first-order chi connectivity index (χ1) is 69.9. The van der Waals surface area contributed by atoms with Crippen molar-refractivity contribution < 1.29 is 101 Å². The van der Waals surface area contributed by atoms with E-state index < -0.39 is 216 Å². The van der Waals surface area contributed by atoms with Crippen molar-refractivity contribution in [3.63, 3.8) is 0 Å². The molecule has 24 N–H and O–H groups in total. The molecule has 1 aromatic heterocycles. The lowest BCUT2D eigenvalue weighted by Gasteiger charge is -2.33. The Morgan fingerprint density at radius 2 is 1.03 bits per heavy atom. The van der Waals surface area contributed by atoms with E-state index in [0.717, 1.165) is 5.39 Å². The molecular weight excluding hydrogens is 1900 g/mol. The number of aromatic amines is 1. The number of phenols is 1. The molecule has 4 aromatic rings. The molecule has 0 spiro atoms. The quantitative estimate of drug-likeness (QED) is 0.0171. The molecule has 18 atom stereocenters. The van der Waals surface area contributed by atoms with Crippen LogP contribution in [0.1, 0.15) is 249 Å². The van der Waals surface area contributed by atoms with Crippen molar-refractivity contribution in [2.75, 3.05) is 52.6 Å². The van der Waals surface area contributed by atoms with Crippen molar-refractivity contribution in [2.45, 2.75) is 360 Å². The van der Waals surface area contributed by atoms with Crippen LogP contribution < -0.4 is 102 Å². The van der Waals surface area contributed by atoms with Gasteiger partial charge in [-0.1, -0.05) is 120 Å². The average molecular weight is 2070 g/mol. The Hall–Kier alpha value is -11.8. The number of primary amides is 2. The van der Waals surface area contributed by atoms with Crippen LogP contribution in [0.2, 0.25) is 0 Å². The van der Waals surface area contributed by atoms with Crippen molar-refractivity contribution in [1.29, 1.82) is 0 Å². The lowest BCUT2D eigenvalue weighted by Crippen LogP contribution is -2.63. The largest absolute Gasteiger partial charge is 0.508 e. The highest BCUT2D eigenvalue weighted by atomic mass is 16.3. The number of carbonyl (C=O) groups excluding carboxylic acids is 19. The normalized spacial score (nSPS) is 21.7. The number of nitrogens with two attached hydrogens (primary N) is 2. The number of Topliss-reactive ketones (excluding diaryl/α,β-unsaturated/α-hetero) is 10. The summed E-state index contributed by atoms with van der Waals surface area (Å²) in [6.07, 6.45) is 6.36. The Labute approximate surface area is 869 Å². The number of aromatic nitrogens is 1. The minimum Gasteiger partial charge on any atom is -0.508 e. The number of carbonyl (C=O) groups is 19. The Morgan fingerprint density at radius 3 is 1.61 bits per heavy atom. The number of ketones is 10. The molecule has 820 valence electrons. The van der Waals surface area contributed by atoms with Crippen molar-refractivity contribution in [2.24, 2.45) is 23.3 Å². The molecule has 0 unspecified atom stereocenters. The van der Waals surface area contributed by atoms with Crippen LogP contribution in [0.25, 0.3) is 10.9 Å². The summed E-state index contributed by atoms with van der Waals surface area (Å²) >= 11 is 0. The zero-order valence-electron chi connectivity index (χ0n) is 89.1. The average Bonchev–Trinajstić information content (AvgIpc) is 1.43. The number of hydrogen-bond acceptors (Lipinski definition) is 31. The number of benzene rings is 3. The summed E-state index contributed by atoms with van der Waals surface area (Å²) in [6.45, 7) is 24.7. The Balaban J connectivity index is 1.41. The van der Waals surface area contributed by atoms with E-state index in [2.05, 4.69) is 95.4 Å². The maximum Gasteiger partial charge on any atom is 0.245 e. The van der Waals surface area contributed by atoms with E-state index >= 15 is 19.2 Å². The van der Waals surface area contributed by atoms with Gasteiger partial charge in [0.1, 0.15) is 41.5 Å². The number of nitrogens with one attached hydrogen (secondary N) is 18. The summed E-state index contributed by atoms with van der Waals surface area (Å²) < 4.78 is 0. The van der Waals surface area contributed by atoms with Crippen LogP contribution in [-0.2, 0) is 110 Å². The summed E-state index contributed by atoms with van der Waals surface area (Å²) in [6, 6.07) is 6.36. The van der Waals surface area contributed by atoms with Crippen LogP contribution in [0.15, 0.2) is 97.2 Å². The van der Waals surface area contributed by atoms with Gasteiger partial charge in [0.25, 0.3) is 0 Å². The predicted molar refractivity (Wildman–Crippen MR) is 563 cm³/mol. The van der Waals surface area contributed by atoms with Crippen LogP contribution in [0.4, 0.5) is 0 Å². The minimum atomic E-state index is -1.71. The number of aliphatic hydroxyl groups is 1. The molecule has 1 aliphatic rings. The van der Waals surface area contributed by atoms with E-state index in [0.29, 0.717) is 67.2 Å². The van der Waals surface area contributed by atoms with Gasteiger partial charge in [-0.15, -0.1) is 0 Å². The molecule has 41 nitrogen and oxygen atoms in total. The molecule has 0 saturated heterocycles. The van der Waals surface area contributed by atoms with Crippen LogP contribution in [0.5, 0.6) is 5.75 Å². The number of aromatic hydroxyl groups is 1. The number of phenolic OH excluding ortho intramolecular Hbond substituents is 1. The second-order valence-electron chi connectivity index (χ2n) is 40.5. The van der Waals surface area contributed by atoms with Gasteiger partial charge >= 0.3 is 0 Å². The molecule has 0 saturated carbocycles. The van der Waals surface area contributed by atoms with E-state index in [9.17, 15) is 82.1 Å². The van der Waals surface area contributed by atoms with Gasteiger partial charge < -0.3 is 90.5 Å². The van der Waals surface area contributed by atoms with Crippen LogP contribution in [0.3, 0.4) is 0 Å². The fourth-order valence-corrected chi connectivity index (χ4v) is 16.7. The minimum absolute atomic E-state index is 0.0389. The van der Waals surface area contributed by atoms with Gasteiger partial charge in [-0.05, 0) is 187 Å². The molecule has 41 heteroatoms. The molecule has 2 heterocycles. The topological polar surface area (TPSA) is 637 Å². The lowest BCUT2D eigenvalue weighted by molar-refractivity contribution is -0.137. The fraction of sp³-hybridized carbons (Fsp3) is 0.617. The number of fused-ring (bicyclic) bond motifs is 1. The highest BCUT2D eigenvalue weighted by Crippen LogP contribution is 2.25. The maximum atomic E-state index is 15.2. The number of allylic oxidation sites excluding steroid dienone is 2. The molecule has 1 aliphatic heterocycles. The number of para-hydroxylation sites is 1. The van der Waals surface area contributed by atoms with E-state index in [1.165, 1.54) is 46.8 Å². The monoisotopic (exact) mass is 2070 g/mol. The summed E-state index contributed by atoms with van der Waals surface area (Å²) in [4.78, 5) is 267. The molecule has 0 radical (unpaired) electrons. The van der Waals surface area contributed by atoms with E-state index in [-0.39, 0.29) is 169 Å². The molecule has 3 aromatic carbocycles.